The van der Waals surface area contributed by atoms with E-state index in [1.807, 2.05) is 0 Å². The number of carbonyl (C=O) groups excluding carboxylic acids is 2. The highest BCUT2D eigenvalue weighted by Gasteiger charge is 2.11. The molecule has 0 aliphatic heterocycles. The number of nitrogens with zero attached hydrogens (tertiary/aromatic N) is 1. The maximum Gasteiger partial charge on any atom is 0.276 e. The van der Waals surface area contributed by atoms with Gasteiger partial charge in [0.1, 0.15) is 0 Å². The summed E-state index contributed by atoms with van der Waals surface area (Å²) in [6.45, 7) is -0.499. The van der Waals surface area contributed by atoms with Gasteiger partial charge < -0.3 is 4.74 Å². The van der Waals surface area contributed by atoms with Gasteiger partial charge >= 0.3 is 0 Å². The van der Waals surface area contributed by atoms with E-state index in [1.165, 1.54) is 30.3 Å². The number of benzene rings is 2. The van der Waals surface area contributed by atoms with Crippen molar-refractivity contribution in [3.8, 4) is 5.75 Å². The second kappa shape index (κ2) is 7.68. The standard InChI is InChI=1S/C15H12FN3O5/c16-12-3-1-2-4-13(12)24-9-14(20)17-18-15(21)10-5-7-11(8-6-10)19(22)23/h1-8H,9H2,(H,17,20)(H,18,21). The van der Waals surface area contributed by atoms with E-state index in [1.54, 1.807) is 6.07 Å². The van der Waals surface area contributed by atoms with Crippen LogP contribution in [-0.2, 0) is 4.79 Å². The number of halogens is 1. The summed E-state index contributed by atoms with van der Waals surface area (Å²) in [6.07, 6.45) is 0. The molecular formula is C15H12FN3O5. The number of hydrogen-bond acceptors (Lipinski definition) is 5. The van der Waals surface area contributed by atoms with Crippen molar-refractivity contribution in [2.24, 2.45) is 0 Å². The first-order chi connectivity index (χ1) is 11.5. The van der Waals surface area contributed by atoms with E-state index in [0.717, 1.165) is 12.1 Å². The van der Waals surface area contributed by atoms with Crippen LogP contribution < -0.4 is 15.6 Å². The first kappa shape index (κ1) is 16.9. The largest absolute Gasteiger partial charge is 0.481 e. The normalized spacial score (nSPS) is 9.88. The summed E-state index contributed by atoms with van der Waals surface area (Å²) in [5.41, 5.74) is 4.17. The molecule has 0 atom stereocenters. The number of ether oxygens (including phenoxy) is 1. The Labute approximate surface area is 135 Å². The third-order valence-corrected chi connectivity index (χ3v) is 2.85. The molecule has 2 N–H and O–H groups in total. The fourth-order valence-electron chi connectivity index (χ4n) is 1.67. The van der Waals surface area contributed by atoms with E-state index < -0.39 is 29.2 Å². The second-order valence-electron chi connectivity index (χ2n) is 4.53. The zero-order valence-corrected chi connectivity index (χ0v) is 12.2. The molecule has 24 heavy (non-hydrogen) atoms. The van der Waals surface area contributed by atoms with Crippen LogP contribution in [0.1, 0.15) is 10.4 Å². The van der Waals surface area contributed by atoms with Crippen molar-refractivity contribution < 1.29 is 23.6 Å². The molecule has 0 spiro atoms. The lowest BCUT2D eigenvalue weighted by Crippen LogP contribution is -2.43. The summed E-state index contributed by atoms with van der Waals surface area (Å²) >= 11 is 0. The lowest BCUT2D eigenvalue weighted by atomic mass is 10.2. The number of rotatable bonds is 5. The fourth-order valence-corrected chi connectivity index (χ4v) is 1.67. The average Bonchev–Trinajstić information content (AvgIpc) is 2.59. The van der Waals surface area contributed by atoms with Crippen LogP contribution in [0, 0.1) is 15.9 Å². The molecule has 0 saturated heterocycles. The van der Waals surface area contributed by atoms with Crippen molar-refractivity contribution in [1.29, 1.82) is 0 Å². The van der Waals surface area contributed by atoms with E-state index in [9.17, 15) is 24.1 Å². The average molecular weight is 333 g/mol. The first-order valence-electron chi connectivity index (χ1n) is 6.68. The van der Waals surface area contributed by atoms with Crippen molar-refractivity contribution in [1.82, 2.24) is 10.9 Å². The van der Waals surface area contributed by atoms with Crippen LogP contribution in [0.2, 0.25) is 0 Å². The van der Waals surface area contributed by atoms with Crippen LogP contribution in [0.4, 0.5) is 10.1 Å². The van der Waals surface area contributed by atoms with Crippen LogP contribution in [0.5, 0.6) is 5.75 Å². The van der Waals surface area contributed by atoms with E-state index >= 15 is 0 Å². The van der Waals surface area contributed by atoms with Gasteiger partial charge in [-0.3, -0.25) is 30.6 Å². The predicted octanol–water partition coefficient (Wildman–Crippen LogP) is 1.57. The summed E-state index contributed by atoms with van der Waals surface area (Å²) in [5, 5.41) is 10.5. The molecule has 9 heteroatoms. The van der Waals surface area contributed by atoms with Crippen LogP contribution in [0.25, 0.3) is 0 Å². The Balaban J connectivity index is 1.81. The summed E-state index contributed by atoms with van der Waals surface area (Å²) < 4.78 is 18.3. The van der Waals surface area contributed by atoms with E-state index in [-0.39, 0.29) is 17.0 Å². The zero-order chi connectivity index (χ0) is 17.5. The van der Waals surface area contributed by atoms with Crippen molar-refractivity contribution in [3.05, 3.63) is 70.0 Å². The van der Waals surface area contributed by atoms with Crippen LogP contribution in [-0.4, -0.2) is 23.3 Å². The summed E-state index contributed by atoms with van der Waals surface area (Å²) in [7, 11) is 0. The Morgan fingerprint density at radius 1 is 1.08 bits per heavy atom. The minimum atomic E-state index is -0.700. The minimum absolute atomic E-state index is 0.0886. The molecule has 0 radical (unpaired) electrons. The molecule has 0 bridgehead atoms. The van der Waals surface area contributed by atoms with Gasteiger partial charge in [0.25, 0.3) is 17.5 Å². The summed E-state index contributed by atoms with van der Waals surface area (Å²) in [4.78, 5) is 33.2. The molecule has 124 valence electrons. The monoisotopic (exact) mass is 333 g/mol. The molecule has 2 aromatic rings. The number of hydrazine groups is 1. The molecule has 0 saturated carbocycles. The number of nitro groups is 1. The van der Waals surface area contributed by atoms with Gasteiger partial charge in [-0.25, -0.2) is 4.39 Å². The number of carbonyl (C=O) groups is 2. The molecule has 0 fully saturated rings. The van der Waals surface area contributed by atoms with Crippen molar-refractivity contribution in [2.75, 3.05) is 6.61 Å². The van der Waals surface area contributed by atoms with Gasteiger partial charge in [0.15, 0.2) is 18.2 Å². The molecule has 2 rings (SSSR count). The molecule has 0 aliphatic rings. The molecule has 2 aromatic carbocycles. The van der Waals surface area contributed by atoms with Gasteiger partial charge in [-0.15, -0.1) is 0 Å². The molecule has 0 aliphatic carbocycles. The Hall–Kier alpha value is -3.49. The Bertz CT molecular complexity index is 764. The smallest absolute Gasteiger partial charge is 0.276 e. The van der Waals surface area contributed by atoms with Gasteiger partial charge in [0, 0.05) is 17.7 Å². The van der Waals surface area contributed by atoms with Crippen LogP contribution in [0.3, 0.4) is 0 Å². The maximum absolute atomic E-state index is 13.3. The highest BCUT2D eigenvalue weighted by molar-refractivity contribution is 5.95. The van der Waals surface area contributed by atoms with Crippen molar-refractivity contribution >= 4 is 17.5 Å². The van der Waals surface area contributed by atoms with E-state index in [0.29, 0.717) is 0 Å². The number of nitrogens with one attached hydrogen (secondary N) is 2. The predicted molar refractivity (Wildman–Crippen MR) is 80.6 cm³/mol. The molecular weight excluding hydrogens is 321 g/mol. The number of amides is 2. The number of hydrogen-bond donors (Lipinski definition) is 2. The molecule has 8 nitrogen and oxygen atoms in total. The van der Waals surface area contributed by atoms with Crippen molar-refractivity contribution in [3.63, 3.8) is 0 Å². The van der Waals surface area contributed by atoms with Crippen molar-refractivity contribution in [2.45, 2.75) is 0 Å². The molecule has 0 aromatic heterocycles. The lowest BCUT2D eigenvalue weighted by molar-refractivity contribution is -0.384. The number of nitro benzene ring substituents is 1. The van der Waals surface area contributed by atoms with Gasteiger partial charge in [0.05, 0.1) is 4.92 Å². The van der Waals surface area contributed by atoms with E-state index in [2.05, 4.69) is 10.9 Å². The quantitative estimate of drug-likeness (QED) is 0.637. The molecule has 0 heterocycles. The maximum atomic E-state index is 13.3. The first-order valence-corrected chi connectivity index (χ1v) is 6.68. The zero-order valence-electron chi connectivity index (χ0n) is 12.2. The Kier molecular flexibility index (Phi) is 5.40. The number of para-hydroxylation sites is 1. The van der Waals surface area contributed by atoms with Crippen LogP contribution >= 0.6 is 0 Å². The summed E-state index contributed by atoms with van der Waals surface area (Å²) in [5.74, 6) is -2.06. The third-order valence-electron chi connectivity index (χ3n) is 2.85. The topological polar surface area (TPSA) is 111 Å². The minimum Gasteiger partial charge on any atom is -0.481 e. The van der Waals surface area contributed by atoms with Gasteiger partial charge in [-0.05, 0) is 24.3 Å². The highest BCUT2D eigenvalue weighted by Crippen LogP contribution is 2.15. The van der Waals surface area contributed by atoms with Crippen LogP contribution in [0.15, 0.2) is 48.5 Å². The third kappa shape index (κ3) is 4.50. The van der Waals surface area contributed by atoms with Gasteiger partial charge in [-0.2, -0.15) is 0 Å². The van der Waals surface area contributed by atoms with Gasteiger partial charge in [0.2, 0.25) is 0 Å². The van der Waals surface area contributed by atoms with Gasteiger partial charge in [-0.1, -0.05) is 12.1 Å². The fraction of sp³-hybridized carbons (Fsp3) is 0.0667. The highest BCUT2D eigenvalue weighted by atomic mass is 19.1. The number of non-ortho nitro benzene ring substituents is 1. The second-order valence-corrected chi connectivity index (χ2v) is 4.53. The Morgan fingerprint density at radius 2 is 1.75 bits per heavy atom. The Morgan fingerprint density at radius 3 is 2.38 bits per heavy atom. The van der Waals surface area contributed by atoms with E-state index in [4.69, 9.17) is 4.74 Å². The lowest BCUT2D eigenvalue weighted by Gasteiger charge is -2.09. The molecule has 0 unspecified atom stereocenters. The SMILES string of the molecule is O=C(COc1ccccc1F)NNC(=O)c1ccc([N+](=O)[O-])cc1. The summed E-state index contributed by atoms with van der Waals surface area (Å²) in [6, 6.07) is 10.4. The molecule has 2 amide bonds.